The maximum Gasteiger partial charge on any atom is 0.205 e. The van der Waals surface area contributed by atoms with Crippen LogP contribution in [0.1, 0.15) is 25.1 Å². The molecule has 1 N–H and O–H groups in total. The molecule has 0 aromatic carbocycles. The number of hydrogen-bond donors (Lipinski definition) is 1. The fraction of sp³-hybridized carbons (Fsp3) is 0.857. The van der Waals surface area contributed by atoms with Crippen LogP contribution in [0.5, 0.6) is 0 Å². The van der Waals surface area contributed by atoms with Crippen molar-refractivity contribution in [3.05, 3.63) is 5.82 Å². The van der Waals surface area contributed by atoms with Crippen molar-refractivity contribution in [2.24, 2.45) is 5.92 Å². The van der Waals surface area contributed by atoms with Crippen molar-refractivity contribution in [1.82, 2.24) is 19.6 Å². The molecule has 120 valence electrons. The molecule has 0 amide bonds. The van der Waals surface area contributed by atoms with E-state index in [1.54, 1.807) is 11.5 Å². The number of hydrogen-bond acceptors (Lipinski definition) is 6. The molecule has 3 heterocycles. The van der Waals surface area contributed by atoms with E-state index in [1.165, 1.54) is 52.0 Å². The Kier molecular flexibility index (Phi) is 6.67. The highest BCUT2D eigenvalue weighted by molar-refractivity contribution is 7.09. The summed E-state index contributed by atoms with van der Waals surface area (Å²) in [6.45, 7) is 10.3. The summed E-state index contributed by atoms with van der Waals surface area (Å²) < 4.78 is 4.30. The average molecular weight is 332 g/mol. The second-order valence-electron chi connectivity index (χ2n) is 5.96. The van der Waals surface area contributed by atoms with E-state index < -0.39 is 0 Å². The minimum Gasteiger partial charge on any atom is -0.346 e. The first-order valence-electron chi connectivity index (χ1n) is 7.79. The summed E-state index contributed by atoms with van der Waals surface area (Å²) in [5.41, 5.74) is 0. The first kappa shape index (κ1) is 16.9. The van der Waals surface area contributed by atoms with E-state index in [4.69, 9.17) is 0 Å². The number of rotatable bonds is 3. The number of nitrogens with one attached hydrogen (secondary N) is 1. The first-order chi connectivity index (χ1) is 9.81. The van der Waals surface area contributed by atoms with E-state index in [0.29, 0.717) is 0 Å². The molecular weight excluding hydrogens is 306 g/mol. The molecule has 2 aliphatic heterocycles. The van der Waals surface area contributed by atoms with Gasteiger partial charge >= 0.3 is 0 Å². The van der Waals surface area contributed by atoms with Crippen LogP contribution >= 0.6 is 23.9 Å². The summed E-state index contributed by atoms with van der Waals surface area (Å²) in [5.74, 6) is 1.80. The van der Waals surface area contributed by atoms with Crippen molar-refractivity contribution in [2.75, 3.05) is 50.7 Å². The van der Waals surface area contributed by atoms with Crippen LogP contribution in [0.15, 0.2) is 0 Å². The van der Waals surface area contributed by atoms with Gasteiger partial charge in [-0.05, 0) is 51.7 Å². The third kappa shape index (κ3) is 4.77. The van der Waals surface area contributed by atoms with Crippen LogP contribution in [0.3, 0.4) is 0 Å². The maximum absolute atomic E-state index is 4.52. The number of aromatic nitrogens is 2. The monoisotopic (exact) mass is 331 g/mol. The minimum absolute atomic E-state index is 0. The lowest BCUT2D eigenvalue weighted by atomic mass is 9.97. The predicted molar refractivity (Wildman–Crippen MR) is 90.8 cm³/mol. The second kappa shape index (κ2) is 8.27. The molecule has 7 heteroatoms. The van der Waals surface area contributed by atoms with Gasteiger partial charge in [-0.15, -0.1) is 12.4 Å². The Labute approximate surface area is 137 Å². The normalized spacial score (nSPS) is 21.9. The zero-order valence-electron chi connectivity index (χ0n) is 12.8. The highest BCUT2D eigenvalue weighted by Gasteiger charge is 2.21. The van der Waals surface area contributed by atoms with E-state index in [-0.39, 0.29) is 12.4 Å². The molecule has 2 aliphatic rings. The maximum atomic E-state index is 4.52. The van der Waals surface area contributed by atoms with Crippen LogP contribution in [0.4, 0.5) is 5.13 Å². The molecule has 1 aromatic rings. The van der Waals surface area contributed by atoms with E-state index in [2.05, 4.69) is 24.5 Å². The van der Waals surface area contributed by atoms with E-state index >= 15 is 0 Å². The fourth-order valence-corrected chi connectivity index (χ4v) is 3.91. The quantitative estimate of drug-likeness (QED) is 0.914. The van der Waals surface area contributed by atoms with Crippen LogP contribution < -0.4 is 10.2 Å². The SMILES string of the molecule is Cc1nsc(N2CCCN(CC3CCNCC3)CC2)n1.Cl. The van der Waals surface area contributed by atoms with Crippen molar-refractivity contribution in [3.63, 3.8) is 0 Å². The van der Waals surface area contributed by atoms with Gasteiger partial charge in [0.05, 0.1) is 0 Å². The fourth-order valence-electron chi connectivity index (χ4n) is 3.19. The Morgan fingerprint density at radius 1 is 1.19 bits per heavy atom. The van der Waals surface area contributed by atoms with Crippen molar-refractivity contribution in [2.45, 2.75) is 26.2 Å². The molecule has 3 rings (SSSR count). The molecule has 0 radical (unpaired) electrons. The molecular formula is C14H26ClN5S. The highest BCUT2D eigenvalue weighted by Crippen LogP contribution is 2.20. The van der Waals surface area contributed by atoms with E-state index in [0.717, 1.165) is 30.0 Å². The average Bonchev–Trinajstić information content (AvgIpc) is 2.76. The standard InChI is InChI=1S/C14H25N5S.ClH/c1-12-16-14(20-17-12)19-8-2-7-18(9-10-19)11-13-3-5-15-6-4-13;/h13,15H,2-11H2,1H3;1H. The van der Waals surface area contributed by atoms with Gasteiger partial charge in [0, 0.05) is 37.7 Å². The summed E-state index contributed by atoms with van der Waals surface area (Å²) in [4.78, 5) is 9.59. The zero-order chi connectivity index (χ0) is 13.8. The summed E-state index contributed by atoms with van der Waals surface area (Å²) in [6, 6.07) is 0. The van der Waals surface area contributed by atoms with Gasteiger partial charge < -0.3 is 15.1 Å². The minimum atomic E-state index is 0. The summed E-state index contributed by atoms with van der Waals surface area (Å²) >= 11 is 1.54. The van der Waals surface area contributed by atoms with Gasteiger partial charge in [-0.2, -0.15) is 4.37 Å². The Morgan fingerprint density at radius 3 is 2.71 bits per heavy atom. The molecule has 0 bridgehead atoms. The Balaban J connectivity index is 0.00000161. The number of halogens is 1. The molecule has 0 atom stereocenters. The van der Waals surface area contributed by atoms with Gasteiger partial charge in [-0.3, -0.25) is 0 Å². The van der Waals surface area contributed by atoms with Crippen LogP contribution in [-0.2, 0) is 0 Å². The van der Waals surface area contributed by atoms with Crippen LogP contribution in [0, 0.1) is 12.8 Å². The van der Waals surface area contributed by atoms with Crippen LogP contribution in [-0.4, -0.2) is 60.1 Å². The van der Waals surface area contributed by atoms with Gasteiger partial charge in [-0.1, -0.05) is 0 Å². The summed E-state index contributed by atoms with van der Waals surface area (Å²) in [6.07, 6.45) is 3.93. The van der Waals surface area contributed by atoms with Crippen molar-refractivity contribution >= 4 is 29.1 Å². The lowest BCUT2D eigenvalue weighted by Gasteiger charge is -2.29. The van der Waals surface area contributed by atoms with Crippen molar-refractivity contribution in [1.29, 1.82) is 0 Å². The van der Waals surface area contributed by atoms with Crippen LogP contribution in [0.25, 0.3) is 0 Å². The zero-order valence-corrected chi connectivity index (χ0v) is 14.4. The lowest BCUT2D eigenvalue weighted by molar-refractivity contribution is 0.216. The number of piperidine rings is 1. The van der Waals surface area contributed by atoms with Crippen molar-refractivity contribution < 1.29 is 0 Å². The molecule has 0 spiro atoms. The van der Waals surface area contributed by atoms with Gasteiger partial charge in [-0.25, -0.2) is 4.98 Å². The molecule has 0 aliphatic carbocycles. The Morgan fingerprint density at radius 2 is 2.00 bits per heavy atom. The molecule has 21 heavy (non-hydrogen) atoms. The lowest BCUT2D eigenvalue weighted by Crippen LogP contribution is -2.38. The largest absolute Gasteiger partial charge is 0.346 e. The number of aryl methyl sites for hydroxylation is 1. The molecule has 2 fully saturated rings. The number of nitrogens with zero attached hydrogens (tertiary/aromatic N) is 4. The molecule has 0 saturated carbocycles. The van der Waals surface area contributed by atoms with Gasteiger partial charge in [0.15, 0.2) is 0 Å². The Bertz CT molecular complexity index is 421. The highest BCUT2D eigenvalue weighted by atomic mass is 35.5. The van der Waals surface area contributed by atoms with Gasteiger partial charge in [0.2, 0.25) is 5.13 Å². The summed E-state index contributed by atoms with van der Waals surface area (Å²) in [7, 11) is 0. The van der Waals surface area contributed by atoms with Crippen LogP contribution in [0.2, 0.25) is 0 Å². The second-order valence-corrected chi connectivity index (χ2v) is 6.69. The van der Waals surface area contributed by atoms with Crippen molar-refractivity contribution in [3.8, 4) is 0 Å². The smallest absolute Gasteiger partial charge is 0.205 e. The topological polar surface area (TPSA) is 44.3 Å². The predicted octanol–water partition coefficient (Wildman–Crippen LogP) is 1.78. The summed E-state index contributed by atoms with van der Waals surface area (Å²) in [5, 5.41) is 4.56. The first-order valence-corrected chi connectivity index (χ1v) is 8.57. The molecule has 0 unspecified atom stereocenters. The third-order valence-electron chi connectivity index (χ3n) is 4.35. The number of anilines is 1. The molecule has 2 saturated heterocycles. The molecule has 1 aromatic heterocycles. The Hall–Kier alpha value is -0.430. The van der Waals surface area contributed by atoms with Gasteiger partial charge in [0.25, 0.3) is 0 Å². The van der Waals surface area contributed by atoms with E-state index in [9.17, 15) is 0 Å². The van der Waals surface area contributed by atoms with Gasteiger partial charge in [0.1, 0.15) is 5.82 Å². The third-order valence-corrected chi connectivity index (χ3v) is 5.22. The molecule has 5 nitrogen and oxygen atoms in total. The van der Waals surface area contributed by atoms with E-state index in [1.807, 2.05) is 6.92 Å².